The highest BCUT2D eigenvalue weighted by molar-refractivity contribution is 6.30. The van der Waals surface area contributed by atoms with Crippen molar-refractivity contribution in [2.24, 2.45) is 0 Å². The summed E-state index contributed by atoms with van der Waals surface area (Å²) in [4.78, 5) is 12.2. The molecule has 1 atom stereocenters. The first-order valence-electron chi connectivity index (χ1n) is 5.83. The molecule has 0 aromatic heterocycles. The normalized spacial score (nSPS) is 23.6. The van der Waals surface area contributed by atoms with Crippen LogP contribution >= 0.6 is 11.6 Å². The Morgan fingerprint density at radius 1 is 1.59 bits per heavy atom. The Balaban J connectivity index is 2.37. The van der Waals surface area contributed by atoms with Gasteiger partial charge in [-0.3, -0.25) is 4.79 Å². The SMILES string of the molecule is CCOC(=O)C1(c2cccc(Cl)c2)CCNC1. The quantitative estimate of drug-likeness (QED) is 0.839. The first-order valence-corrected chi connectivity index (χ1v) is 6.21. The van der Waals surface area contributed by atoms with E-state index >= 15 is 0 Å². The predicted molar refractivity (Wildman–Crippen MR) is 67.2 cm³/mol. The van der Waals surface area contributed by atoms with Gasteiger partial charge in [-0.1, -0.05) is 23.7 Å². The van der Waals surface area contributed by atoms with E-state index in [-0.39, 0.29) is 5.97 Å². The lowest BCUT2D eigenvalue weighted by Gasteiger charge is -2.26. The van der Waals surface area contributed by atoms with Crippen LogP contribution in [0.15, 0.2) is 24.3 Å². The Bertz CT molecular complexity index is 414. The Kier molecular flexibility index (Phi) is 3.69. The summed E-state index contributed by atoms with van der Waals surface area (Å²) in [6, 6.07) is 7.48. The highest BCUT2D eigenvalue weighted by Crippen LogP contribution is 2.33. The van der Waals surface area contributed by atoms with Gasteiger partial charge in [-0.15, -0.1) is 0 Å². The third kappa shape index (κ3) is 2.31. The van der Waals surface area contributed by atoms with Gasteiger partial charge in [0.15, 0.2) is 0 Å². The molecule has 1 fully saturated rings. The van der Waals surface area contributed by atoms with Crippen molar-refractivity contribution in [3.63, 3.8) is 0 Å². The van der Waals surface area contributed by atoms with Crippen molar-refractivity contribution in [1.29, 1.82) is 0 Å². The van der Waals surface area contributed by atoms with Crippen LogP contribution < -0.4 is 5.32 Å². The van der Waals surface area contributed by atoms with Crippen LogP contribution in [-0.2, 0) is 14.9 Å². The molecule has 4 heteroatoms. The van der Waals surface area contributed by atoms with Gasteiger partial charge < -0.3 is 10.1 Å². The Morgan fingerprint density at radius 3 is 3.00 bits per heavy atom. The summed E-state index contributed by atoms with van der Waals surface area (Å²) >= 11 is 5.99. The molecule has 0 amide bonds. The summed E-state index contributed by atoms with van der Waals surface area (Å²) < 4.78 is 5.20. The van der Waals surface area contributed by atoms with Crippen molar-refractivity contribution < 1.29 is 9.53 Å². The summed E-state index contributed by atoms with van der Waals surface area (Å²) in [6.45, 7) is 3.67. The molecule has 3 nitrogen and oxygen atoms in total. The van der Waals surface area contributed by atoms with Crippen molar-refractivity contribution >= 4 is 17.6 Å². The van der Waals surface area contributed by atoms with Crippen LogP contribution in [-0.4, -0.2) is 25.7 Å². The molecule has 1 heterocycles. The van der Waals surface area contributed by atoms with Gasteiger partial charge in [0, 0.05) is 11.6 Å². The number of carbonyl (C=O) groups excluding carboxylic acids is 1. The zero-order valence-electron chi connectivity index (χ0n) is 9.83. The molecule has 1 saturated heterocycles. The van der Waals surface area contributed by atoms with Crippen LogP contribution in [0.2, 0.25) is 5.02 Å². The van der Waals surface area contributed by atoms with Gasteiger partial charge in [0.05, 0.1) is 6.61 Å². The van der Waals surface area contributed by atoms with Crippen molar-refractivity contribution in [2.45, 2.75) is 18.8 Å². The Labute approximate surface area is 106 Å². The third-order valence-electron chi connectivity index (χ3n) is 3.20. The molecule has 92 valence electrons. The second-order valence-electron chi connectivity index (χ2n) is 4.24. The first-order chi connectivity index (χ1) is 8.19. The minimum atomic E-state index is -0.569. The molecule has 0 bridgehead atoms. The number of nitrogens with one attached hydrogen (secondary N) is 1. The van der Waals surface area contributed by atoms with Gasteiger partial charge in [-0.05, 0) is 37.6 Å². The van der Waals surface area contributed by atoms with Gasteiger partial charge in [0.2, 0.25) is 0 Å². The molecular formula is C13H16ClNO2. The summed E-state index contributed by atoms with van der Waals surface area (Å²) in [5, 5.41) is 3.88. The minimum absolute atomic E-state index is 0.160. The molecule has 1 unspecified atom stereocenters. The van der Waals surface area contributed by atoms with E-state index in [9.17, 15) is 4.79 Å². The zero-order valence-corrected chi connectivity index (χ0v) is 10.6. The number of benzene rings is 1. The van der Waals surface area contributed by atoms with E-state index in [2.05, 4.69) is 5.32 Å². The number of ether oxygens (including phenoxy) is 1. The van der Waals surface area contributed by atoms with Crippen molar-refractivity contribution in [3.05, 3.63) is 34.9 Å². The van der Waals surface area contributed by atoms with Crippen LogP contribution in [0.25, 0.3) is 0 Å². The molecule has 1 aliphatic heterocycles. The van der Waals surface area contributed by atoms with E-state index in [1.807, 2.05) is 31.2 Å². The highest BCUT2D eigenvalue weighted by Gasteiger charge is 2.44. The first kappa shape index (κ1) is 12.4. The van der Waals surface area contributed by atoms with E-state index in [0.29, 0.717) is 18.2 Å². The fourth-order valence-corrected chi connectivity index (χ4v) is 2.48. The number of esters is 1. The predicted octanol–water partition coefficient (Wildman–Crippen LogP) is 2.13. The van der Waals surface area contributed by atoms with Crippen molar-refractivity contribution in [2.75, 3.05) is 19.7 Å². The van der Waals surface area contributed by atoms with Crippen LogP contribution in [0, 0.1) is 0 Å². The molecule has 1 aromatic carbocycles. The van der Waals surface area contributed by atoms with Gasteiger partial charge in [0.25, 0.3) is 0 Å². The Hall–Kier alpha value is -1.06. The lowest BCUT2D eigenvalue weighted by molar-refractivity contribution is -0.149. The number of hydrogen-bond donors (Lipinski definition) is 1. The fraction of sp³-hybridized carbons (Fsp3) is 0.462. The number of carbonyl (C=O) groups is 1. The molecule has 0 spiro atoms. The van der Waals surface area contributed by atoms with E-state index in [1.54, 1.807) is 0 Å². The molecule has 1 aliphatic rings. The maximum atomic E-state index is 12.2. The fourth-order valence-electron chi connectivity index (χ4n) is 2.29. The maximum Gasteiger partial charge on any atom is 0.317 e. The monoisotopic (exact) mass is 253 g/mol. The average molecular weight is 254 g/mol. The standard InChI is InChI=1S/C13H16ClNO2/c1-2-17-12(16)13(6-7-15-9-13)10-4-3-5-11(14)8-10/h3-5,8,15H,2,6-7,9H2,1H3. The second kappa shape index (κ2) is 5.07. The molecule has 2 rings (SSSR count). The maximum absolute atomic E-state index is 12.2. The van der Waals surface area contributed by atoms with Gasteiger partial charge in [0.1, 0.15) is 5.41 Å². The van der Waals surface area contributed by atoms with Crippen molar-refractivity contribution in [3.8, 4) is 0 Å². The molecule has 1 N–H and O–H groups in total. The third-order valence-corrected chi connectivity index (χ3v) is 3.43. The van der Waals surface area contributed by atoms with E-state index in [1.165, 1.54) is 0 Å². The summed E-state index contributed by atoms with van der Waals surface area (Å²) in [7, 11) is 0. The number of rotatable bonds is 3. The molecular weight excluding hydrogens is 238 g/mol. The van der Waals surface area contributed by atoms with Gasteiger partial charge >= 0.3 is 5.97 Å². The summed E-state index contributed by atoms with van der Waals surface area (Å²) in [5.41, 5.74) is 0.370. The Morgan fingerprint density at radius 2 is 2.41 bits per heavy atom. The van der Waals surface area contributed by atoms with Crippen molar-refractivity contribution in [1.82, 2.24) is 5.32 Å². The molecule has 0 saturated carbocycles. The van der Waals surface area contributed by atoms with Crippen LogP contribution in [0.5, 0.6) is 0 Å². The molecule has 1 aromatic rings. The van der Waals surface area contributed by atoms with Crippen LogP contribution in [0.3, 0.4) is 0 Å². The van der Waals surface area contributed by atoms with E-state index in [4.69, 9.17) is 16.3 Å². The molecule has 0 radical (unpaired) electrons. The van der Waals surface area contributed by atoms with Crippen LogP contribution in [0.1, 0.15) is 18.9 Å². The zero-order chi connectivity index (χ0) is 12.3. The molecule has 0 aliphatic carbocycles. The highest BCUT2D eigenvalue weighted by atomic mass is 35.5. The minimum Gasteiger partial charge on any atom is -0.465 e. The number of halogens is 1. The topological polar surface area (TPSA) is 38.3 Å². The smallest absolute Gasteiger partial charge is 0.317 e. The van der Waals surface area contributed by atoms with Gasteiger partial charge in [-0.25, -0.2) is 0 Å². The van der Waals surface area contributed by atoms with E-state index < -0.39 is 5.41 Å². The average Bonchev–Trinajstić information content (AvgIpc) is 2.79. The lowest BCUT2D eigenvalue weighted by Crippen LogP contribution is -2.39. The van der Waals surface area contributed by atoms with E-state index in [0.717, 1.165) is 18.5 Å². The largest absolute Gasteiger partial charge is 0.465 e. The lowest BCUT2D eigenvalue weighted by atomic mass is 9.80. The summed E-state index contributed by atoms with van der Waals surface area (Å²) in [5.74, 6) is -0.160. The van der Waals surface area contributed by atoms with Gasteiger partial charge in [-0.2, -0.15) is 0 Å². The molecule has 17 heavy (non-hydrogen) atoms. The number of hydrogen-bond acceptors (Lipinski definition) is 3. The summed E-state index contributed by atoms with van der Waals surface area (Å²) in [6.07, 6.45) is 0.756. The van der Waals surface area contributed by atoms with Crippen LogP contribution in [0.4, 0.5) is 0 Å². The second-order valence-corrected chi connectivity index (χ2v) is 4.68.